The maximum absolute atomic E-state index is 13.2. The molecule has 2 heterocycles. The molecule has 0 bridgehead atoms. The van der Waals surface area contributed by atoms with E-state index in [9.17, 15) is 9.18 Å². The number of hydrogen-bond donors (Lipinski definition) is 2. The van der Waals surface area contributed by atoms with Gasteiger partial charge in [-0.05, 0) is 41.5 Å². The van der Waals surface area contributed by atoms with Crippen molar-refractivity contribution in [3.8, 4) is 22.4 Å². The number of hydrogen-bond acceptors (Lipinski definition) is 4. The number of rotatable bonds is 3. The highest BCUT2D eigenvalue weighted by molar-refractivity contribution is 5.99. The number of anilines is 3. The summed E-state index contributed by atoms with van der Waals surface area (Å²) in [4.78, 5) is 21.3. The number of nitrogens with one attached hydrogen (secondary N) is 2. The summed E-state index contributed by atoms with van der Waals surface area (Å²) in [6.45, 7) is 0. The lowest BCUT2D eigenvalue weighted by molar-refractivity contribution is -0.115. The summed E-state index contributed by atoms with van der Waals surface area (Å²) in [5, 5.41) is 6.15. The third-order valence-corrected chi connectivity index (χ3v) is 4.97. The van der Waals surface area contributed by atoms with Gasteiger partial charge in [0.2, 0.25) is 11.9 Å². The molecule has 4 aromatic rings. The van der Waals surface area contributed by atoms with Crippen LogP contribution in [0.15, 0.2) is 79.0 Å². The number of carbonyl (C=O) groups is 1. The van der Waals surface area contributed by atoms with Gasteiger partial charge in [-0.2, -0.15) is 0 Å². The Morgan fingerprint density at radius 2 is 1.77 bits per heavy atom. The van der Waals surface area contributed by atoms with Crippen molar-refractivity contribution >= 4 is 23.2 Å². The molecule has 0 spiro atoms. The average molecular weight is 396 g/mol. The van der Waals surface area contributed by atoms with Crippen molar-refractivity contribution in [1.29, 1.82) is 0 Å². The number of para-hydroxylation sites is 1. The summed E-state index contributed by atoms with van der Waals surface area (Å²) in [5.74, 6) is 0.0892. The molecule has 0 saturated carbocycles. The summed E-state index contributed by atoms with van der Waals surface area (Å²) >= 11 is 0. The maximum atomic E-state index is 13.2. The maximum Gasteiger partial charge on any atom is 0.228 e. The van der Waals surface area contributed by atoms with Crippen molar-refractivity contribution in [2.45, 2.75) is 6.42 Å². The van der Waals surface area contributed by atoms with Crippen molar-refractivity contribution in [2.75, 3.05) is 10.6 Å². The van der Waals surface area contributed by atoms with E-state index in [1.807, 2.05) is 48.5 Å². The van der Waals surface area contributed by atoms with E-state index in [1.165, 1.54) is 12.1 Å². The molecule has 1 amide bonds. The second-order valence-electron chi connectivity index (χ2n) is 7.05. The van der Waals surface area contributed by atoms with Crippen molar-refractivity contribution in [1.82, 2.24) is 9.97 Å². The van der Waals surface area contributed by atoms with E-state index < -0.39 is 0 Å². The number of aromatic nitrogens is 2. The van der Waals surface area contributed by atoms with Crippen LogP contribution in [0.2, 0.25) is 0 Å². The molecule has 5 nitrogen and oxygen atoms in total. The highest BCUT2D eigenvalue weighted by Crippen LogP contribution is 2.33. The fraction of sp³-hybridized carbons (Fsp3) is 0.0417. The van der Waals surface area contributed by atoms with Crippen LogP contribution in [0.3, 0.4) is 0 Å². The summed E-state index contributed by atoms with van der Waals surface area (Å²) in [5.41, 5.74) is 5.80. The van der Waals surface area contributed by atoms with E-state index >= 15 is 0 Å². The molecule has 0 radical (unpaired) electrons. The van der Waals surface area contributed by atoms with E-state index in [0.29, 0.717) is 5.95 Å². The minimum absolute atomic E-state index is 0.0856. The quantitative estimate of drug-likeness (QED) is 0.500. The van der Waals surface area contributed by atoms with E-state index in [-0.39, 0.29) is 18.1 Å². The number of carbonyl (C=O) groups excluding carboxylic acids is 1. The van der Waals surface area contributed by atoms with Crippen molar-refractivity contribution in [3.05, 3.63) is 90.4 Å². The van der Waals surface area contributed by atoms with Crippen LogP contribution in [0.5, 0.6) is 0 Å². The zero-order chi connectivity index (χ0) is 20.5. The van der Waals surface area contributed by atoms with Crippen LogP contribution in [0.25, 0.3) is 22.4 Å². The summed E-state index contributed by atoms with van der Waals surface area (Å²) in [7, 11) is 0. The monoisotopic (exact) mass is 396 g/mol. The highest BCUT2D eigenvalue weighted by atomic mass is 19.1. The highest BCUT2D eigenvalue weighted by Gasteiger charge is 2.20. The van der Waals surface area contributed by atoms with Gasteiger partial charge >= 0.3 is 0 Å². The Labute approximate surface area is 172 Å². The lowest BCUT2D eigenvalue weighted by atomic mass is 10.0. The molecule has 0 saturated heterocycles. The predicted molar refractivity (Wildman–Crippen MR) is 115 cm³/mol. The smallest absolute Gasteiger partial charge is 0.228 e. The van der Waals surface area contributed by atoms with Gasteiger partial charge in [-0.15, -0.1) is 0 Å². The van der Waals surface area contributed by atoms with Crippen LogP contribution >= 0.6 is 0 Å². The first-order chi connectivity index (χ1) is 14.7. The second-order valence-corrected chi connectivity index (χ2v) is 7.05. The molecule has 2 N–H and O–H groups in total. The molecule has 1 aliphatic heterocycles. The average Bonchev–Trinajstić information content (AvgIpc) is 2.90. The molecule has 0 atom stereocenters. The first-order valence-electron chi connectivity index (χ1n) is 9.54. The molecular formula is C24H17FN4O. The van der Waals surface area contributed by atoms with Gasteiger partial charge < -0.3 is 10.6 Å². The minimum Gasteiger partial charge on any atom is -0.325 e. The van der Waals surface area contributed by atoms with E-state index in [4.69, 9.17) is 4.98 Å². The second kappa shape index (κ2) is 7.40. The van der Waals surface area contributed by atoms with Gasteiger partial charge in [-0.3, -0.25) is 4.79 Å². The van der Waals surface area contributed by atoms with E-state index in [1.54, 1.807) is 18.3 Å². The molecule has 0 unspecified atom stereocenters. The molecule has 0 fully saturated rings. The van der Waals surface area contributed by atoms with Gasteiger partial charge in [0.25, 0.3) is 0 Å². The Morgan fingerprint density at radius 1 is 0.933 bits per heavy atom. The van der Waals surface area contributed by atoms with Crippen LogP contribution < -0.4 is 10.6 Å². The topological polar surface area (TPSA) is 66.9 Å². The molecule has 1 aromatic heterocycles. The third-order valence-electron chi connectivity index (χ3n) is 4.97. The number of fused-ring (bicyclic) bond motifs is 3. The van der Waals surface area contributed by atoms with Crippen molar-refractivity contribution in [3.63, 3.8) is 0 Å². The van der Waals surface area contributed by atoms with Crippen LogP contribution in [-0.4, -0.2) is 15.9 Å². The zero-order valence-corrected chi connectivity index (χ0v) is 15.9. The van der Waals surface area contributed by atoms with Crippen LogP contribution in [0, 0.1) is 5.82 Å². The van der Waals surface area contributed by atoms with Gasteiger partial charge in [0.05, 0.1) is 17.8 Å². The Kier molecular flexibility index (Phi) is 4.44. The lowest BCUT2D eigenvalue weighted by Crippen LogP contribution is -2.12. The molecule has 0 aliphatic carbocycles. The number of benzene rings is 3. The van der Waals surface area contributed by atoms with Gasteiger partial charge in [-0.1, -0.05) is 42.5 Å². The van der Waals surface area contributed by atoms with E-state index in [2.05, 4.69) is 15.6 Å². The predicted octanol–water partition coefficient (Wildman–Crippen LogP) is 5.19. The summed E-state index contributed by atoms with van der Waals surface area (Å²) in [6, 6.07) is 21.7. The molecule has 146 valence electrons. The van der Waals surface area contributed by atoms with E-state index in [0.717, 1.165) is 39.3 Å². The standard InChI is InChI=1S/C24H17FN4O/c25-18-10-8-15(9-11-18)16-4-3-5-19(12-16)27-24-26-14-17-13-22(30)28-21-7-2-1-6-20(21)23(17)29-24/h1-12,14H,13H2,(H,28,30)(H,26,27,29). The third kappa shape index (κ3) is 3.51. The van der Waals surface area contributed by atoms with Crippen molar-refractivity contribution < 1.29 is 9.18 Å². The van der Waals surface area contributed by atoms with Crippen LogP contribution in [0.1, 0.15) is 5.56 Å². The molecule has 5 rings (SSSR count). The number of nitrogens with zero attached hydrogens (tertiary/aromatic N) is 2. The summed E-state index contributed by atoms with van der Waals surface area (Å²) < 4.78 is 13.2. The SMILES string of the molecule is O=C1Cc2cnc(Nc3cccc(-c4ccc(F)cc4)c3)nc2-c2ccccc2N1. The molecule has 6 heteroatoms. The molecule has 1 aliphatic rings. The first-order valence-corrected chi connectivity index (χ1v) is 9.54. The van der Waals surface area contributed by atoms with Gasteiger partial charge in [-0.25, -0.2) is 14.4 Å². The minimum atomic E-state index is -0.264. The van der Waals surface area contributed by atoms with Crippen LogP contribution in [-0.2, 0) is 11.2 Å². The Bertz CT molecular complexity index is 1250. The fourth-order valence-electron chi connectivity index (χ4n) is 3.54. The van der Waals surface area contributed by atoms with Gasteiger partial charge in [0, 0.05) is 23.0 Å². The fourth-order valence-corrected chi connectivity index (χ4v) is 3.54. The zero-order valence-electron chi connectivity index (χ0n) is 15.9. The van der Waals surface area contributed by atoms with Crippen LogP contribution in [0.4, 0.5) is 21.7 Å². The number of halogens is 1. The molecule has 3 aromatic carbocycles. The molecule has 30 heavy (non-hydrogen) atoms. The van der Waals surface area contributed by atoms with Gasteiger partial charge in [0.1, 0.15) is 5.82 Å². The Morgan fingerprint density at radius 3 is 2.63 bits per heavy atom. The largest absolute Gasteiger partial charge is 0.325 e. The lowest BCUT2D eigenvalue weighted by Gasteiger charge is -2.11. The van der Waals surface area contributed by atoms with Gasteiger partial charge in [0.15, 0.2) is 0 Å². The summed E-state index contributed by atoms with van der Waals surface area (Å²) in [6.07, 6.45) is 1.92. The molecular weight excluding hydrogens is 379 g/mol. The first kappa shape index (κ1) is 18.0. The Hall–Kier alpha value is -4.06. The number of amides is 1. The normalized spacial score (nSPS) is 12.4. The Balaban J connectivity index is 1.49. The van der Waals surface area contributed by atoms with Crippen molar-refractivity contribution in [2.24, 2.45) is 0 Å².